The molecule has 0 fully saturated rings. The zero-order chi connectivity index (χ0) is 10.6. The van der Waals surface area contributed by atoms with Gasteiger partial charge in [-0.15, -0.1) is 11.3 Å². The topological polar surface area (TPSA) is 29.1 Å². The molecule has 2 nitrogen and oxygen atoms in total. The molecule has 1 unspecified atom stereocenters. The predicted molar refractivity (Wildman–Crippen MR) is 60.9 cm³/mol. The smallest absolute Gasteiger partial charge is 0.139 e. The summed E-state index contributed by atoms with van der Waals surface area (Å²) in [6, 6.07) is 4.45. The van der Waals surface area contributed by atoms with E-state index in [1.807, 2.05) is 17.5 Å². The Hall–Kier alpha value is -0.670. The van der Waals surface area contributed by atoms with Crippen LogP contribution in [0.4, 0.5) is 0 Å². The number of hydrogen-bond donors (Lipinski definition) is 1. The molecule has 0 aliphatic rings. The van der Waals surface area contributed by atoms with E-state index in [2.05, 4.69) is 19.2 Å². The van der Waals surface area contributed by atoms with E-state index >= 15 is 0 Å². The maximum Gasteiger partial charge on any atom is 0.139 e. The van der Waals surface area contributed by atoms with Crippen LogP contribution in [-0.4, -0.2) is 18.4 Å². The molecule has 0 aliphatic heterocycles. The van der Waals surface area contributed by atoms with E-state index in [0.717, 1.165) is 11.4 Å². The van der Waals surface area contributed by atoms with Crippen LogP contribution < -0.4 is 5.32 Å². The number of hydrogen-bond acceptors (Lipinski definition) is 3. The van der Waals surface area contributed by atoms with Crippen molar-refractivity contribution in [1.29, 1.82) is 0 Å². The quantitative estimate of drug-likeness (QED) is 0.810. The molecule has 3 heteroatoms. The lowest BCUT2D eigenvalue weighted by molar-refractivity contribution is -0.118. The Kier molecular flexibility index (Phi) is 4.29. The predicted octanol–water partition coefficient (Wildman–Crippen LogP) is 2.42. The lowest BCUT2D eigenvalue weighted by Gasteiger charge is -2.15. The maximum absolute atomic E-state index is 11.4. The molecule has 1 N–H and O–H groups in total. The summed E-state index contributed by atoms with van der Waals surface area (Å²) >= 11 is 1.65. The molecule has 1 aromatic heterocycles. The summed E-state index contributed by atoms with van der Waals surface area (Å²) in [5, 5.41) is 5.32. The minimum Gasteiger partial charge on any atom is -0.313 e. The van der Waals surface area contributed by atoms with Crippen LogP contribution in [0.3, 0.4) is 0 Å². The highest BCUT2D eigenvalue weighted by molar-refractivity contribution is 7.10. The highest BCUT2D eigenvalue weighted by Gasteiger charge is 2.17. The van der Waals surface area contributed by atoms with Crippen molar-refractivity contribution < 1.29 is 4.79 Å². The van der Waals surface area contributed by atoms with E-state index in [9.17, 15) is 4.79 Å². The number of nitrogens with one attached hydrogen (secondary N) is 1. The fraction of sp³-hybridized carbons (Fsp3) is 0.545. The van der Waals surface area contributed by atoms with Gasteiger partial charge >= 0.3 is 0 Å². The van der Waals surface area contributed by atoms with Crippen LogP contribution in [0.25, 0.3) is 0 Å². The van der Waals surface area contributed by atoms with Gasteiger partial charge in [-0.2, -0.15) is 0 Å². The van der Waals surface area contributed by atoms with Crippen molar-refractivity contribution in [3.8, 4) is 0 Å². The van der Waals surface area contributed by atoms with Gasteiger partial charge in [0.1, 0.15) is 5.78 Å². The molecule has 0 saturated carbocycles. The Morgan fingerprint density at radius 3 is 2.71 bits per heavy atom. The molecule has 0 amide bonds. The Morgan fingerprint density at radius 1 is 1.57 bits per heavy atom. The van der Waals surface area contributed by atoms with Crippen molar-refractivity contribution in [2.75, 3.05) is 6.54 Å². The molecule has 0 spiro atoms. The lowest BCUT2D eigenvalue weighted by atomic mass is 10.0. The molecule has 0 saturated heterocycles. The van der Waals surface area contributed by atoms with E-state index in [0.29, 0.717) is 6.04 Å². The SMILES string of the molecule is CC(=O)C(CNC(C)C)c1cccs1. The Morgan fingerprint density at radius 2 is 2.29 bits per heavy atom. The van der Waals surface area contributed by atoms with Gasteiger partial charge in [0.25, 0.3) is 0 Å². The fourth-order valence-electron chi connectivity index (χ4n) is 1.29. The first kappa shape index (κ1) is 11.4. The minimum atomic E-state index is 0.0254. The van der Waals surface area contributed by atoms with Crippen LogP contribution in [0, 0.1) is 0 Å². The third-order valence-electron chi connectivity index (χ3n) is 2.11. The standard InChI is InChI=1S/C11H17NOS/c1-8(2)12-7-10(9(3)13)11-5-4-6-14-11/h4-6,8,10,12H,7H2,1-3H3. The van der Waals surface area contributed by atoms with Crippen LogP contribution in [0.2, 0.25) is 0 Å². The van der Waals surface area contributed by atoms with Crippen LogP contribution in [-0.2, 0) is 4.79 Å². The summed E-state index contributed by atoms with van der Waals surface area (Å²) in [6.45, 7) is 6.58. The second kappa shape index (κ2) is 5.27. The molecule has 0 aliphatic carbocycles. The summed E-state index contributed by atoms with van der Waals surface area (Å²) in [5.41, 5.74) is 0. The van der Waals surface area contributed by atoms with Gasteiger partial charge in [-0.1, -0.05) is 19.9 Å². The first-order chi connectivity index (χ1) is 6.61. The number of carbonyl (C=O) groups excluding carboxylic acids is 1. The van der Waals surface area contributed by atoms with E-state index in [-0.39, 0.29) is 11.7 Å². The van der Waals surface area contributed by atoms with Gasteiger partial charge < -0.3 is 5.32 Å². The summed E-state index contributed by atoms with van der Waals surface area (Å²) in [7, 11) is 0. The van der Waals surface area contributed by atoms with Crippen molar-refractivity contribution >= 4 is 17.1 Å². The molecular weight excluding hydrogens is 194 g/mol. The largest absolute Gasteiger partial charge is 0.313 e. The molecule has 1 heterocycles. The fourth-order valence-corrected chi connectivity index (χ4v) is 2.17. The molecule has 1 aromatic rings. The van der Waals surface area contributed by atoms with Gasteiger partial charge in [-0.25, -0.2) is 0 Å². The zero-order valence-electron chi connectivity index (χ0n) is 8.91. The molecule has 1 rings (SSSR count). The van der Waals surface area contributed by atoms with Crippen molar-refractivity contribution in [2.45, 2.75) is 32.7 Å². The third-order valence-corrected chi connectivity index (χ3v) is 3.09. The average Bonchev–Trinajstić information content (AvgIpc) is 2.56. The highest BCUT2D eigenvalue weighted by atomic mass is 32.1. The van der Waals surface area contributed by atoms with Crippen LogP contribution in [0.1, 0.15) is 31.6 Å². The number of ketones is 1. The van der Waals surface area contributed by atoms with Crippen molar-refractivity contribution in [1.82, 2.24) is 5.32 Å². The maximum atomic E-state index is 11.4. The van der Waals surface area contributed by atoms with E-state index in [1.54, 1.807) is 18.3 Å². The molecule has 0 radical (unpaired) electrons. The van der Waals surface area contributed by atoms with E-state index in [1.165, 1.54) is 0 Å². The highest BCUT2D eigenvalue weighted by Crippen LogP contribution is 2.21. The number of carbonyl (C=O) groups is 1. The molecule has 1 atom stereocenters. The van der Waals surface area contributed by atoms with Gasteiger partial charge in [0, 0.05) is 17.5 Å². The normalized spacial score (nSPS) is 13.1. The lowest BCUT2D eigenvalue weighted by Crippen LogP contribution is -2.30. The minimum absolute atomic E-state index is 0.0254. The summed E-state index contributed by atoms with van der Waals surface area (Å²) in [5.74, 6) is 0.262. The van der Waals surface area contributed by atoms with Crippen molar-refractivity contribution in [3.63, 3.8) is 0 Å². The molecule has 14 heavy (non-hydrogen) atoms. The van der Waals surface area contributed by atoms with Gasteiger partial charge in [0.05, 0.1) is 5.92 Å². The molecule has 78 valence electrons. The second-order valence-electron chi connectivity index (χ2n) is 3.74. The Balaban J connectivity index is 2.61. The van der Waals surface area contributed by atoms with Gasteiger partial charge in [-0.3, -0.25) is 4.79 Å². The van der Waals surface area contributed by atoms with Crippen molar-refractivity contribution in [2.24, 2.45) is 0 Å². The van der Waals surface area contributed by atoms with Gasteiger partial charge in [-0.05, 0) is 18.4 Å². The Labute approximate surface area is 89.3 Å². The van der Waals surface area contributed by atoms with Crippen molar-refractivity contribution in [3.05, 3.63) is 22.4 Å². The first-order valence-corrected chi connectivity index (χ1v) is 5.76. The first-order valence-electron chi connectivity index (χ1n) is 4.88. The van der Waals surface area contributed by atoms with Crippen LogP contribution in [0.5, 0.6) is 0 Å². The third kappa shape index (κ3) is 3.24. The van der Waals surface area contributed by atoms with Gasteiger partial charge in [0.2, 0.25) is 0 Å². The molecule has 0 aromatic carbocycles. The second-order valence-corrected chi connectivity index (χ2v) is 4.72. The summed E-state index contributed by atoms with van der Waals surface area (Å²) < 4.78 is 0. The number of Topliss-reactive ketones (excluding diaryl/α,β-unsaturated/α-hetero) is 1. The Bertz CT molecular complexity index is 279. The monoisotopic (exact) mass is 211 g/mol. The molecule has 0 bridgehead atoms. The number of rotatable bonds is 5. The zero-order valence-corrected chi connectivity index (χ0v) is 9.73. The summed E-state index contributed by atoms with van der Waals surface area (Å²) in [6.07, 6.45) is 0. The van der Waals surface area contributed by atoms with Gasteiger partial charge in [0.15, 0.2) is 0 Å². The van der Waals surface area contributed by atoms with Crippen LogP contribution >= 0.6 is 11.3 Å². The average molecular weight is 211 g/mol. The molecular formula is C11H17NOS. The summed E-state index contributed by atoms with van der Waals surface area (Å²) in [4.78, 5) is 12.6. The number of thiophene rings is 1. The van der Waals surface area contributed by atoms with Crippen LogP contribution in [0.15, 0.2) is 17.5 Å². The van der Waals surface area contributed by atoms with E-state index < -0.39 is 0 Å². The van der Waals surface area contributed by atoms with E-state index in [4.69, 9.17) is 0 Å².